The van der Waals surface area contributed by atoms with E-state index in [2.05, 4.69) is 20.6 Å². The summed E-state index contributed by atoms with van der Waals surface area (Å²) >= 11 is 6.14. The van der Waals surface area contributed by atoms with E-state index in [1.165, 1.54) is 6.33 Å². The average molecular weight is 383 g/mol. The molecule has 0 aliphatic rings. The summed E-state index contributed by atoms with van der Waals surface area (Å²) in [6.45, 7) is 3.85. The van der Waals surface area contributed by atoms with Gasteiger partial charge in [-0.3, -0.25) is 4.79 Å². The predicted octanol–water partition coefficient (Wildman–Crippen LogP) is 4.91. The van der Waals surface area contributed by atoms with Crippen molar-refractivity contribution in [3.05, 3.63) is 71.6 Å². The summed E-state index contributed by atoms with van der Waals surface area (Å²) in [5.41, 5.74) is 1.49. The Hall–Kier alpha value is -3.12. The highest BCUT2D eigenvalue weighted by Crippen LogP contribution is 2.26. The fourth-order valence-corrected chi connectivity index (χ4v) is 2.55. The van der Waals surface area contributed by atoms with Gasteiger partial charge in [0.05, 0.1) is 22.5 Å². The number of amides is 1. The van der Waals surface area contributed by atoms with Gasteiger partial charge < -0.3 is 15.4 Å². The summed E-state index contributed by atoms with van der Waals surface area (Å²) in [7, 11) is 0. The van der Waals surface area contributed by atoms with E-state index in [9.17, 15) is 4.79 Å². The van der Waals surface area contributed by atoms with Gasteiger partial charge in [-0.2, -0.15) is 0 Å². The molecule has 3 rings (SSSR count). The molecule has 0 spiro atoms. The van der Waals surface area contributed by atoms with Crippen LogP contribution in [0.1, 0.15) is 24.3 Å². The largest absolute Gasteiger partial charge is 0.489 e. The monoisotopic (exact) mass is 382 g/mol. The molecule has 138 valence electrons. The lowest BCUT2D eigenvalue weighted by Gasteiger charge is -2.14. The van der Waals surface area contributed by atoms with Crippen molar-refractivity contribution in [1.29, 1.82) is 0 Å². The number of rotatable bonds is 6. The molecule has 3 aromatic rings. The first-order chi connectivity index (χ1) is 13.0. The molecule has 6 nitrogen and oxygen atoms in total. The summed E-state index contributed by atoms with van der Waals surface area (Å²) in [5, 5.41) is 6.46. The lowest BCUT2D eigenvalue weighted by molar-refractivity contribution is 0.102. The lowest BCUT2D eigenvalue weighted by Crippen LogP contribution is -2.16. The highest BCUT2D eigenvalue weighted by molar-refractivity contribution is 6.33. The van der Waals surface area contributed by atoms with Crippen molar-refractivity contribution in [3.63, 3.8) is 0 Å². The molecule has 0 unspecified atom stereocenters. The fourth-order valence-electron chi connectivity index (χ4n) is 2.36. The molecule has 0 saturated carbocycles. The van der Waals surface area contributed by atoms with Crippen LogP contribution < -0.4 is 15.4 Å². The first-order valence-corrected chi connectivity index (χ1v) is 8.81. The average Bonchev–Trinajstić information content (AvgIpc) is 2.65. The zero-order chi connectivity index (χ0) is 19.2. The van der Waals surface area contributed by atoms with Crippen LogP contribution in [-0.2, 0) is 0 Å². The molecule has 27 heavy (non-hydrogen) atoms. The number of nitrogens with one attached hydrogen (secondary N) is 2. The molecule has 0 atom stereocenters. The Morgan fingerprint density at radius 1 is 1.04 bits per heavy atom. The molecule has 0 fully saturated rings. The Bertz CT molecular complexity index is 947. The molecule has 1 aromatic heterocycles. The second-order valence-corrected chi connectivity index (χ2v) is 6.42. The second kappa shape index (κ2) is 8.51. The van der Waals surface area contributed by atoms with Gasteiger partial charge in [-0.25, -0.2) is 9.97 Å². The van der Waals surface area contributed by atoms with Crippen LogP contribution in [0.2, 0.25) is 5.02 Å². The lowest BCUT2D eigenvalue weighted by atomic mass is 10.2. The van der Waals surface area contributed by atoms with E-state index in [0.717, 1.165) is 0 Å². The number of benzene rings is 2. The Morgan fingerprint density at radius 2 is 1.74 bits per heavy atom. The number of anilines is 3. The van der Waals surface area contributed by atoms with Crippen LogP contribution in [0.15, 0.2) is 60.9 Å². The number of hydrogen-bond acceptors (Lipinski definition) is 5. The summed E-state index contributed by atoms with van der Waals surface area (Å²) in [6, 6.07) is 16.1. The van der Waals surface area contributed by atoms with Crippen LogP contribution in [0, 0.1) is 0 Å². The Labute approximate surface area is 162 Å². The van der Waals surface area contributed by atoms with E-state index in [4.69, 9.17) is 16.3 Å². The number of carbonyl (C=O) groups excluding carboxylic acids is 1. The summed E-state index contributed by atoms with van der Waals surface area (Å²) in [4.78, 5) is 20.8. The van der Waals surface area contributed by atoms with E-state index in [0.29, 0.717) is 28.0 Å². The molecule has 0 radical (unpaired) electrons. The van der Waals surface area contributed by atoms with Crippen LogP contribution >= 0.6 is 11.6 Å². The van der Waals surface area contributed by atoms with Crippen LogP contribution in [0.25, 0.3) is 0 Å². The van der Waals surface area contributed by atoms with Crippen molar-refractivity contribution in [1.82, 2.24) is 9.97 Å². The van der Waals surface area contributed by atoms with Crippen LogP contribution in [0.4, 0.5) is 17.2 Å². The topological polar surface area (TPSA) is 76.1 Å². The van der Waals surface area contributed by atoms with Crippen molar-refractivity contribution >= 4 is 34.7 Å². The van der Waals surface area contributed by atoms with Crippen molar-refractivity contribution in [2.45, 2.75) is 20.0 Å². The van der Waals surface area contributed by atoms with Crippen molar-refractivity contribution in [2.75, 3.05) is 10.6 Å². The number of nitrogens with zero attached hydrogens (tertiary/aromatic N) is 2. The number of halogens is 1. The van der Waals surface area contributed by atoms with E-state index < -0.39 is 0 Å². The maximum absolute atomic E-state index is 12.6. The van der Waals surface area contributed by atoms with Crippen LogP contribution in [0.3, 0.4) is 0 Å². The van der Waals surface area contributed by atoms with Crippen molar-refractivity contribution in [2.24, 2.45) is 0 Å². The second-order valence-electron chi connectivity index (χ2n) is 6.01. The number of hydrogen-bond donors (Lipinski definition) is 2. The molecule has 2 aromatic carbocycles. The van der Waals surface area contributed by atoms with Gasteiger partial charge >= 0.3 is 0 Å². The summed E-state index contributed by atoms with van der Waals surface area (Å²) in [6.07, 6.45) is 1.32. The minimum Gasteiger partial charge on any atom is -0.489 e. The minimum absolute atomic E-state index is 0.00599. The minimum atomic E-state index is -0.362. The third-order valence-electron chi connectivity index (χ3n) is 3.53. The Kier molecular flexibility index (Phi) is 5.88. The molecular weight excluding hydrogens is 364 g/mol. The molecule has 2 N–H and O–H groups in total. The van der Waals surface area contributed by atoms with E-state index in [-0.39, 0.29) is 17.7 Å². The molecule has 7 heteroatoms. The van der Waals surface area contributed by atoms with Gasteiger partial charge in [-0.1, -0.05) is 35.9 Å². The normalized spacial score (nSPS) is 10.5. The van der Waals surface area contributed by atoms with E-state index in [1.54, 1.807) is 24.3 Å². The highest BCUT2D eigenvalue weighted by atomic mass is 35.5. The van der Waals surface area contributed by atoms with Crippen LogP contribution in [0.5, 0.6) is 5.75 Å². The third-order valence-corrected chi connectivity index (χ3v) is 3.86. The molecule has 1 heterocycles. The number of para-hydroxylation sites is 3. The van der Waals surface area contributed by atoms with Crippen molar-refractivity contribution in [3.8, 4) is 5.75 Å². The zero-order valence-corrected chi connectivity index (χ0v) is 15.7. The molecule has 0 bridgehead atoms. The van der Waals surface area contributed by atoms with Gasteiger partial charge in [0, 0.05) is 6.07 Å². The number of aromatic nitrogens is 2. The predicted molar refractivity (Wildman–Crippen MR) is 107 cm³/mol. The molecule has 0 saturated heterocycles. The summed E-state index contributed by atoms with van der Waals surface area (Å²) < 4.78 is 5.72. The van der Waals surface area contributed by atoms with E-state index in [1.807, 2.05) is 44.2 Å². The molecular formula is C20H19ClN4O2. The maximum Gasteiger partial charge on any atom is 0.274 e. The fraction of sp³-hybridized carbons (Fsp3) is 0.150. The van der Waals surface area contributed by atoms with Gasteiger partial charge in [-0.05, 0) is 38.1 Å². The van der Waals surface area contributed by atoms with Gasteiger partial charge in [0.25, 0.3) is 5.91 Å². The number of ether oxygens (including phenoxy) is 1. The molecule has 0 aliphatic heterocycles. The first kappa shape index (κ1) is 18.7. The van der Waals surface area contributed by atoms with E-state index >= 15 is 0 Å². The van der Waals surface area contributed by atoms with Gasteiger partial charge in [0.2, 0.25) is 0 Å². The highest BCUT2D eigenvalue weighted by Gasteiger charge is 2.13. The maximum atomic E-state index is 12.6. The zero-order valence-electron chi connectivity index (χ0n) is 14.9. The van der Waals surface area contributed by atoms with Gasteiger partial charge in [0.15, 0.2) is 0 Å². The quantitative estimate of drug-likeness (QED) is 0.633. The Morgan fingerprint density at radius 3 is 2.48 bits per heavy atom. The van der Waals surface area contributed by atoms with Crippen molar-refractivity contribution < 1.29 is 9.53 Å². The first-order valence-electron chi connectivity index (χ1n) is 8.43. The Balaban J connectivity index is 1.77. The smallest absolute Gasteiger partial charge is 0.274 e. The standard InChI is InChI=1S/C20H19ClN4O2/c1-13(2)27-18-10-6-5-9-16(18)25-20(26)17-11-19(23-12-22-17)24-15-8-4-3-7-14(15)21/h3-13H,1-2H3,(H,25,26)(H,22,23,24). The number of carbonyl (C=O) groups is 1. The van der Waals surface area contributed by atoms with Crippen LogP contribution in [-0.4, -0.2) is 22.0 Å². The SMILES string of the molecule is CC(C)Oc1ccccc1NC(=O)c1cc(Nc2ccccc2Cl)ncn1. The molecule has 0 aliphatic carbocycles. The van der Waals surface area contributed by atoms with Gasteiger partial charge in [-0.15, -0.1) is 0 Å². The van der Waals surface area contributed by atoms with Gasteiger partial charge in [0.1, 0.15) is 23.6 Å². The third kappa shape index (κ3) is 4.95. The summed E-state index contributed by atoms with van der Waals surface area (Å²) in [5.74, 6) is 0.707. The molecule has 1 amide bonds.